The fraction of sp³-hybridized carbons (Fsp3) is 0.636. The number of aliphatic carboxylic acids is 1. The van der Waals surface area contributed by atoms with Gasteiger partial charge in [0.15, 0.2) is 0 Å². The van der Waals surface area contributed by atoms with Gasteiger partial charge in [0.05, 0.1) is 6.54 Å². The van der Waals surface area contributed by atoms with Crippen LogP contribution in [-0.2, 0) is 9.59 Å². The molecular weight excluding hydrogens is 208 g/mol. The Morgan fingerprint density at radius 3 is 2.19 bits per heavy atom. The summed E-state index contributed by atoms with van der Waals surface area (Å²) in [5, 5.41) is 8.72. The number of carbonyl (C=O) groups is 2. The lowest BCUT2D eigenvalue weighted by Gasteiger charge is -2.22. The molecule has 0 aromatic heterocycles. The van der Waals surface area contributed by atoms with Crippen LogP contribution < -0.4 is 0 Å². The Morgan fingerprint density at radius 2 is 1.81 bits per heavy atom. The second kappa shape index (κ2) is 7.00. The predicted molar refractivity (Wildman–Crippen MR) is 62.2 cm³/mol. The van der Waals surface area contributed by atoms with Crippen LogP contribution in [0.2, 0.25) is 0 Å². The first-order valence-corrected chi connectivity index (χ1v) is 5.22. The summed E-state index contributed by atoms with van der Waals surface area (Å²) in [6.07, 6.45) is 0.869. The molecule has 0 spiro atoms. The van der Waals surface area contributed by atoms with Crippen molar-refractivity contribution in [2.45, 2.75) is 13.3 Å². The average Bonchev–Trinajstić information content (AvgIpc) is 2.17. The van der Waals surface area contributed by atoms with Crippen LogP contribution in [0.4, 0.5) is 0 Å². The number of likely N-dealkylation sites (N-methyl/N-ethyl adjacent to an activating group) is 1. The summed E-state index contributed by atoms with van der Waals surface area (Å²) in [5.74, 6) is -1.05. The fourth-order valence-corrected chi connectivity index (χ4v) is 1.20. The Morgan fingerprint density at radius 1 is 1.25 bits per heavy atom. The minimum atomic E-state index is -1.02. The monoisotopic (exact) mass is 228 g/mol. The maximum atomic E-state index is 11.5. The first kappa shape index (κ1) is 14.6. The van der Waals surface area contributed by atoms with E-state index in [1.165, 1.54) is 4.90 Å². The average molecular weight is 228 g/mol. The van der Waals surface area contributed by atoms with E-state index in [2.05, 4.69) is 6.58 Å². The van der Waals surface area contributed by atoms with E-state index in [1.54, 1.807) is 19.0 Å². The van der Waals surface area contributed by atoms with Gasteiger partial charge in [-0.2, -0.15) is 0 Å². The highest BCUT2D eigenvalue weighted by atomic mass is 16.4. The molecule has 0 radical (unpaired) electrons. The summed E-state index contributed by atoms with van der Waals surface area (Å²) in [6, 6.07) is 0. The molecule has 0 saturated heterocycles. The highest BCUT2D eigenvalue weighted by molar-refractivity contribution is 5.86. The number of carboxylic acid groups (broad SMARTS) is 1. The molecule has 1 N–H and O–H groups in total. The lowest BCUT2D eigenvalue weighted by molar-refractivity contribution is -0.134. The van der Waals surface area contributed by atoms with Gasteiger partial charge in [-0.1, -0.05) is 13.5 Å². The van der Waals surface area contributed by atoms with Crippen molar-refractivity contribution in [3.8, 4) is 0 Å². The molecule has 0 aromatic carbocycles. The first-order valence-electron chi connectivity index (χ1n) is 5.22. The topological polar surface area (TPSA) is 60.9 Å². The van der Waals surface area contributed by atoms with Crippen LogP contribution >= 0.6 is 0 Å². The van der Waals surface area contributed by atoms with Crippen molar-refractivity contribution in [1.29, 1.82) is 0 Å². The lowest BCUT2D eigenvalue weighted by Crippen LogP contribution is -2.38. The molecule has 16 heavy (non-hydrogen) atoms. The first-order chi connectivity index (χ1) is 7.38. The van der Waals surface area contributed by atoms with Gasteiger partial charge in [0, 0.05) is 26.2 Å². The fourth-order valence-electron chi connectivity index (χ4n) is 1.20. The van der Waals surface area contributed by atoms with Crippen molar-refractivity contribution >= 4 is 11.9 Å². The number of rotatable bonds is 7. The standard InChI is InChI=1S/C11H20N2O3/c1-5-6-13(7-9(2)11(15)16)8-10(14)12(3)4/h2,5-8H2,1,3-4H3,(H,15,16). The molecule has 5 nitrogen and oxygen atoms in total. The Balaban J connectivity index is 4.32. The molecule has 0 fully saturated rings. The Labute approximate surface area is 96.3 Å². The summed E-state index contributed by atoms with van der Waals surface area (Å²) in [6.45, 7) is 6.59. The highest BCUT2D eigenvalue weighted by Crippen LogP contribution is 1.99. The summed E-state index contributed by atoms with van der Waals surface area (Å²) < 4.78 is 0. The third-order valence-electron chi connectivity index (χ3n) is 2.11. The van der Waals surface area contributed by atoms with E-state index in [0.717, 1.165) is 6.42 Å². The van der Waals surface area contributed by atoms with Gasteiger partial charge < -0.3 is 10.0 Å². The van der Waals surface area contributed by atoms with Gasteiger partial charge in [0.1, 0.15) is 0 Å². The molecule has 92 valence electrons. The molecule has 5 heteroatoms. The van der Waals surface area contributed by atoms with Crippen LogP contribution in [0, 0.1) is 0 Å². The third-order valence-corrected chi connectivity index (χ3v) is 2.11. The lowest BCUT2D eigenvalue weighted by atomic mass is 10.2. The molecule has 0 aromatic rings. The van der Waals surface area contributed by atoms with E-state index in [1.807, 2.05) is 6.92 Å². The molecule has 0 unspecified atom stereocenters. The van der Waals surface area contributed by atoms with Crippen molar-refractivity contribution in [1.82, 2.24) is 9.80 Å². The quantitative estimate of drug-likeness (QED) is 0.642. The number of hydrogen-bond donors (Lipinski definition) is 1. The second-order valence-corrected chi connectivity index (χ2v) is 3.91. The molecule has 0 aliphatic rings. The van der Waals surface area contributed by atoms with E-state index in [-0.39, 0.29) is 24.6 Å². The molecule has 0 rings (SSSR count). The molecule has 0 aliphatic carbocycles. The van der Waals surface area contributed by atoms with Gasteiger partial charge in [-0.25, -0.2) is 4.79 Å². The summed E-state index contributed by atoms with van der Waals surface area (Å²) in [4.78, 5) is 25.4. The van der Waals surface area contributed by atoms with E-state index in [0.29, 0.717) is 6.54 Å². The zero-order chi connectivity index (χ0) is 12.7. The van der Waals surface area contributed by atoms with Gasteiger partial charge in [-0.3, -0.25) is 9.69 Å². The summed E-state index contributed by atoms with van der Waals surface area (Å²) in [7, 11) is 3.36. The maximum Gasteiger partial charge on any atom is 0.332 e. The van der Waals surface area contributed by atoms with Crippen LogP contribution in [0.3, 0.4) is 0 Å². The van der Waals surface area contributed by atoms with Crippen LogP contribution in [0.5, 0.6) is 0 Å². The zero-order valence-corrected chi connectivity index (χ0v) is 10.2. The van der Waals surface area contributed by atoms with Crippen molar-refractivity contribution in [2.75, 3.05) is 33.7 Å². The van der Waals surface area contributed by atoms with E-state index >= 15 is 0 Å². The van der Waals surface area contributed by atoms with Gasteiger partial charge in [-0.05, 0) is 13.0 Å². The number of amides is 1. The van der Waals surface area contributed by atoms with E-state index in [9.17, 15) is 9.59 Å². The van der Waals surface area contributed by atoms with E-state index < -0.39 is 5.97 Å². The van der Waals surface area contributed by atoms with Crippen LogP contribution in [0.1, 0.15) is 13.3 Å². The van der Waals surface area contributed by atoms with Gasteiger partial charge in [0.25, 0.3) is 0 Å². The van der Waals surface area contributed by atoms with Gasteiger partial charge in [-0.15, -0.1) is 0 Å². The highest BCUT2D eigenvalue weighted by Gasteiger charge is 2.14. The molecular formula is C11H20N2O3. The van der Waals surface area contributed by atoms with Crippen molar-refractivity contribution in [2.24, 2.45) is 0 Å². The molecule has 1 amide bonds. The molecule has 0 bridgehead atoms. The smallest absolute Gasteiger partial charge is 0.332 e. The minimum absolute atomic E-state index is 0.0355. The largest absolute Gasteiger partial charge is 0.478 e. The van der Waals surface area contributed by atoms with Crippen LogP contribution in [0.25, 0.3) is 0 Å². The molecule has 0 atom stereocenters. The summed E-state index contributed by atoms with van der Waals surface area (Å²) in [5.41, 5.74) is 0.111. The second-order valence-electron chi connectivity index (χ2n) is 3.91. The number of nitrogens with zero attached hydrogens (tertiary/aromatic N) is 2. The van der Waals surface area contributed by atoms with Crippen molar-refractivity contribution in [3.05, 3.63) is 12.2 Å². The Hall–Kier alpha value is -1.36. The third kappa shape index (κ3) is 5.50. The number of hydrogen-bond acceptors (Lipinski definition) is 3. The normalized spacial score (nSPS) is 10.2. The molecule has 0 aliphatic heterocycles. The number of carboxylic acids is 1. The Bertz CT molecular complexity index is 274. The molecule has 0 heterocycles. The minimum Gasteiger partial charge on any atom is -0.478 e. The molecule has 0 saturated carbocycles. The maximum absolute atomic E-state index is 11.5. The zero-order valence-electron chi connectivity index (χ0n) is 10.2. The van der Waals surface area contributed by atoms with E-state index in [4.69, 9.17) is 5.11 Å². The van der Waals surface area contributed by atoms with Crippen molar-refractivity contribution in [3.63, 3.8) is 0 Å². The number of carbonyl (C=O) groups excluding carboxylic acids is 1. The van der Waals surface area contributed by atoms with Crippen LogP contribution in [0.15, 0.2) is 12.2 Å². The van der Waals surface area contributed by atoms with Crippen LogP contribution in [-0.4, -0.2) is 60.5 Å². The summed E-state index contributed by atoms with van der Waals surface area (Å²) >= 11 is 0. The van der Waals surface area contributed by atoms with Gasteiger partial charge >= 0.3 is 5.97 Å². The van der Waals surface area contributed by atoms with Gasteiger partial charge in [0.2, 0.25) is 5.91 Å². The predicted octanol–water partition coefficient (Wildman–Crippen LogP) is 0.427. The SMILES string of the molecule is C=C(CN(CCC)CC(=O)N(C)C)C(=O)O. The Kier molecular flexibility index (Phi) is 6.41. The van der Waals surface area contributed by atoms with Crippen molar-refractivity contribution < 1.29 is 14.7 Å².